The number of hydrogen-bond donors (Lipinski definition) is 1. The number of nitrogens with one attached hydrogen (secondary N) is 1. The molecule has 28 heavy (non-hydrogen) atoms. The normalized spacial score (nSPS) is 15.8. The van der Waals surface area contributed by atoms with Crippen LogP contribution in [-0.4, -0.2) is 47.1 Å². The quantitative estimate of drug-likeness (QED) is 0.825. The number of aromatic nitrogens is 1. The molecule has 1 fully saturated rings. The van der Waals surface area contributed by atoms with Gasteiger partial charge in [-0.2, -0.15) is 0 Å². The fourth-order valence-electron chi connectivity index (χ4n) is 3.24. The highest BCUT2D eigenvalue weighted by atomic mass is 16.5. The Labute approximate surface area is 166 Å². The van der Waals surface area contributed by atoms with Crippen LogP contribution in [0, 0.1) is 0 Å². The van der Waals surface area contributed by atoms with Gasteiger partial charge in [-0.25, -0.2) is 4.98 Å². The van der Waals surface area contributed by atoms with E-state index in [1.165, 1.54) is 0 Å². The lowest BCUT2D eigenvalue weighted by Gasteiger charge is -2.41. The number of piperidine rings is 1. The van der Waals surface area contributed by atoms with Crippen LogP contribution in [0.1, 0.15) is 33.6 Å². The summed E-state index contributed by atoms with van der Waals surface area (Å²) in [5.41, 5.74) is 0.185. The van der Waals surface area contributed by atoms with Gasteiger partial charge in [-0.3, -0.25) is 9.69 Å². The third-order valence-corrected chi connectivity index (χ3v) is 4.86. The van der Waals surface area contributed by atoms with Gasteiger partial charge in [0.05, 0.1) is 0 Å². The third kappa shape index (κ3) is 5.96. The first-order valence-electron chi connectivity index (χ1n) is 9.76. The molecule has 0 spiro atoms. The lowest BCUT2D eigenvalue weighted by atomic mass is 9.98. The third-order valence-electron chi connectivity index (χ3n) is 4.86. The summed E-state index contributed by atoms with van der Waals surface area (Å²) in [5, 5.41) is 3.08. The van der Waals surface area contributed by atoms with Crippen LogP contribution in [0.3, 0.4) is 0 Å². The monoisotopic (exact) mass is 383 g/mol. The molecular formula is C22H29N3O3. The zero-order valence-corrected chi connectivity index (χ0v) is 16.9. The van der Waals surface area contributed by atoms with Crippen molar-refractivity contribution < 1.29 is 14.3 Å². The molecule has 1 aliphatic heterocycles. The Kier molecular flexibility index (Phi) is 6.52. The highest BCUT2D eigenvalue weighted by Gasteiger charge is 2.27. The van der Waals surface area contributed by atoms with Gasteiger partial charge >= 0.3 is 0 Å². The molecule has 3 rings (SSSR count). The Morgan fingerprint density at radius 2 is 1.79 bits per heavy atom. The molecule has 0 atom stereocenters. The lowest BCUT2D eigenvalue weighted by Crippen LogP contribution is -2.51. The van der Waals surface area contributed by atoms with Gasteiger partial charge in [0.1, 0.15) is 11.5 Å². The zero-order chi connectivity index (χ0) is 20.0. The number of likely N-dealkylation sites (tertiary alicyclic amines) is 1. The van der Waals surface area contributed by atoms with E-state index in [9.17, 15) is 4.79 Å². The Bertz CT molecular complexity index is 749. The van der Waals surface area contributed by atoms with E-state index in [-0.39, 0.29) is 24.1 Å². The number of amides is 1. The van der Waals surface area contributed by atoms with Crippen LogP contribution in [0.5, 0.6) is 17.4 Å². The van der Waals surface area contributed by atoms with Crippen LogP contribution in [-0.2, 0) is 4.79 Å². The minimum Gasteiger partial charge on any atom is -0.484 e. The number of hydrogen-bond acceptors (Lipinski definition) is 5. The second kappa shape index (κ2) is 9.06. The van der Waals surface area contributed by atoms with Crippen LogP contribution in [0.25, 0.3) is 0 Å². The Balaban J connectivity index is 1.40. The average Bonchev–Trinajstić information content (AvgIpc) is 2.68. The SMILES string of the molecule is CC(C)(C)N1CCC(NC(=O)COc2ccc(Oc3ccccn3)cc2)CC1. The Morgan fingerprint density at radius 3 is 2.39 bits per heavy atom. The molecule has 6 nitrogen and oxygen atoms in total. The molecule has 0 saturated carbocycles. The van der Waals surface area contributed by atoms with Gasteiger partial charge in [0.2, 0.25) is 5.88 Å². The summed E-state index contributed by atoms with van der Waals surface area (Å²) >= 11 is 0. The predicted octanol–water partition coefficient (Wildman–Crippen LogP) is 3.63. The van der Waals surface area contributed by atoms with Crippen molar-refractivity contribution in [2.24, 2.45) is 0 Å². The molecule has 6 heteroatoms. The van der Waals surface area contributed by atoms with E-state index in [2.05, 4.69) is 36.0 Å². The number of ether oxygens (including phenoxy) is 2. The van der Waals surface area contributed by atoms with Crippen molar-refractivity contribution in [1.29, 1.82) is 0 Å². The largest absolute Gasteiger partial charge is 0.484 e. The highest BCUT2D eigenvalue weighted by Crippen LogP contribution is 2.22. The zero-order valence-electron chi connectivity index (χ0n) is 16.9. The van der Waals surface area contributed by atoms with E-state index >= 15 is 0 Å². The van der Waals surface area contributed by atoms with Gasteiger partial charge in [0.15, 0.2) is 6.61 Å². The maximum absolute atomic E-state index is 12.2. The topological polar surface area (TPSA) is 63.7 Å². The molecule has 1 aromatic heterocycles. The summed E-state index contributed by atoms with van der Waals surface area (Å²) in [6.45, 7) is 8.71. The first-order valence-corrected chi connectivity index (χ1v) is 9.76. The van der Waals surface area contributed by atoms with Gasteiger partial charge in [-0.05, 0) is 63.9 Å². The molecule has 0 unspecified atom stereocenters. The summed E-state index contributed by atoms with van der Waals surface area (Å²) in [4.78, 5) is 18.8. The van der Waals surface area contributed by atoms with E-state index in [1.54, 1.807) is 36.5 Å². The van der Waals surface area contributed by atoms with Gasteiger partial charge in [-0.15, -0.1) is 0 Å². The van der Waals surface area contributed by atoms with Gasteiger partial charge in [0, 0.05) is 36.9 Å². The molecule has 2 aromatic rings. The van der Waals surface area contributed by atoms with Gasteiger partial charge < -0.3 is 14.8 Å². The average molecular weight is 383 g/mol. The van der Waals surface area contributed by atoms with E-state index in [4.69, 9.17) is 9.47 Å². The number of carbonyl (C=O) groups is 1. The van der Waals surface area contributed by atoms with E-state index in [0.29, 0.717) is 17.4 Å². The maximum atomic E-state index is 12.2. The minimum atomic E-state index is -0.0805. The van der Waals surface area contributed by atoms with E-state index < -0.39 is 0 Å². The maximum Gasteiger partial charge on any atom is 0.258 e. The molecular weight excluding hydrogens is 354 g/mol. The van der Waals surface area contributed by atoms with Crippen LogP contribution in [0.15, 0.2) is 48.7 Å². The second-order valence-corrected chi connectivity index (χ2v) is 8.03. The number of benzene rings is 1. The van der Waals surface area contributed by atoms with Crippen molar-refractivity contribution in [3.05, 3.63) is 48.7 Å². The molecule has 1 saturated heterocycles. The predicted molar refractivity (Wildman–Crippen MR) is 109 cm³/mol. The summed E-state index contributed by atoms with van der Waals surface area (Å²) in [6.07, 6.45) is 3.63. The summed E-state index contributed by atoms with van der Waals surface area (Å²) in [7, 11) is 0. The van der Waals surface area contributed by atoms with Gasteiger partial charge in [0.25, 0.3) is 5.91 Å². The van der Waals surface area contributed by atoms with Crippen molar-refractivity contribution in [2.45, 2.75) is 45.2 Å². The van der Waals surface area contributed by atoms with Gasteiger partial charge in [-0.1, -0.05) is 6.07 Å². The first-order chi connectivity index (χ1) is 13.4. The summed E-state index contributed by atoms with van der Waals surface area (Å²) in [6, 6.07) is 12.9. The fraction of sp³-hybridized carbons (Fsp3) is 0.455. The molecule has 0 bridgehead atoms. The fourth-order valence-corrected chi connectivity index (χ4v) is 3.24. The van der Waals surface area contributed by atoms with Crippen molar-refractivity contribution >= 4 is 5.91 Å². The first kappa shape index (κ1) is 20.1. The van der Waals surface area contributed by atoms with E-state index in [0.717, 1.165) is 25.9 Å². The number of carbonyl (C=O) groups excluding carboxylic acids is 1. The molecule has 1 aromatic carbocycles. The molecule has 1 aliphatic rings. The Morgan fingerprint density at radius 1 is 1.11 bits per heavy atom. The van der Waals surface area contributed by atoms with Crippen molar-refractivity contribution in [2.75, 3.05) is 19.7 Å². The summed E-state index contributed by atoms with van der Waals surface area (Å²) in [5.74, 6) is 1.75. The Hall–Kier alpha value is -2.60. The molecule has 150 valence electrons. The van der Waals surface area contributed by atoms with Crippen molar-refractivity contribution in [3.63, 3.8) is 0 Å². The van der Waals surface area contributed by atoms with Crippen LogP contribution < -0.4 is 14.8 Å². The van der Waals surface area contributed by atoms with Crippen LogP contribution in [0.4, 0.5) is 0 Å². The molecule has 0 aliphatic carbocycles. The number of nitrogens with zero attached hydrogens (tertiary/aromatic N) is 2. The highest BCUT2D eigenvalue weighted by molar-refractivity contribution is 5.77. The second-order valence-electron chi connectivity index (χ2n) is 8.03. The standard InChI is InChI=1S/C22H29N3O3/c1-22(2,3)25-14-11-17(12-15-25)24-20(26)16-27-18-7-9-19(10-8-18)28-21-6-4-5-13-23-21/h4-10,13,17H,11-12,14-16H2,1-3H3,(H,24,26). The van der Waals surface area contributed by atoms with E-state index in [1.807, 2.05) is 12.1 Å². The van der Waals surface area contributed by atoms with Crippen LogP contribution >= 0.6 is 0 Å². The molecule has 1 amide bonds. The molecule has 1 N–H and O–H groups in total. The summed E-state index contributed by atoms with van der Waals surface area (Å²) < 4.78 is 11.2. The molecule has 0 radical (unpaired) electrons. The van der Waals surface area contributed by atoms with Crippen molar-refractivity contribution in [3.8, 4) is 17.4 Å². The number of rotatable bonds is 6. The lowest BCUT2D eigenvalue weighted by molar-refractivity contribution is -0.124. The molecule has 2 heterocycles. The number of pyridine rings is 1. The van der Waals surface area contributed by atoms with Crippen LogP contribution in [0.2, 0.25) is 0 Å². The smallest absolute Gasteiger partial charge is 0.258 e. The van der Waals surface area contributed by atoms with Crippen molar-refractivity contribution in [1.82, 2.24) is 15.2 Å². The minimum absolute atomic E-state index is 0.0138.